The molecule has 6 nitrogen and oxygen atoms in total. The molecule has 0 atom stereocenters. The number of amides is 1. The van der Waals surface area contributed by atoms with E-state index in [1.165, 1.54) is 23.1 Å². The van der Waals surface area contributed by atoms with Crippen LogP contribution >= 0.6 is 34.7 Å². The summed E-state index contributed by atoms with van der Waals surface area (Å²) in [6.45, 7) is 1.36. The third-order valence-electron chi connectivity index (χ3n) is 2.35. The Morgan fingerprint density at radius 1 is 1.50 bits per heavy atom. The molecule has 0 aliphatic carbocycles. The monoisotopic (exact) mass is 360 g/mol. The van der Waals surface area contributed by atoms with Crippen LogP contribution in [0.1, 0.15) is 10.6 Å². The molecule has 22 heavy (non-hydrogen) atoms. The van der Waals surface area contributed by atoms with Crippen molar-refractivity contribution in [2.24, 2.45) is 0 Å². The number of thiophene rings is 1. The van der Waals surface area contributed by atoms with Crippen LogP contribution in [0, 0.1) is 6.92 Å². The molecule has 2 heterocycles. The molecule has 0 fully saturated rings. The molecule has 0 aromatic carbocycles. The molecule has 0 saturated heterocycles. The van der Waals surface area contributed by atoms with E-state index in [1.54, 1.807) is 13.0 Å². The second-order valence-electron chi connectivity index (χ2n) is 4.23. The van der Waals surface area contributed by atoms with Gasteiger partial charge in [-0.3, -0.25) is 9.59 Å². The molecular formula is C13H13ClN2O4S2. The van der Waals surface area contributed by atoms with Crippen LogP contribution < -0.4 is 5.32 Å². The van der Waals surface area contributed by atoms with Crippen LogP contribution in [0.4, 0.5) is 5.82 Å². The van der Waals surface area contributed by atoms with Gasteiger partial charge in [0.25, 0.3) is 5.91 Å². The van der Waals surface area contributed by atoms with E-state index in [4.69, 9.17) is 20.9 Å². The van der Waals surface area contributed by atoms with Crippen molar-refractivity contribution in [3.63, 3.8) is 0 Å². The molecule has 1 amide bonds. The molecule has 0 aliphatic heterocycles. The molecule has 0 radical (unpaired) electrons. The molecule has 118 valence electrons. The maximum absolute atomic E-state index is 11.5. The van der Waals surface area contributed by atoms with Crippen molar-refractivity contribution in [1.29, 1.82) is 0 Å². The maximum Gasteiger partial charge on any atom is 0.316 e. The summed E-state index contributed by atoms with van der Waals surface area (Å²) in [4.78, 5) is 24.1. The predicted molar refractivity (Wildman–Crippen MR) is 86.3 cm³/mol. The number of aromatic nitrogens is 1. The van der Waals surface area contributed by atoms with Crippen LogP contribution in [0.15, 0.2) is 22.7 Å². The highest BCUT2D eigenvalue weighted by Crippen LogP contribution is 2.25. The SMILES string of the molecule is Cc1cc(NC(=O)COC(=O)CSCc2ccc(Cl)s2)no1. The summed E-state index contributed by atoms with van der Waals surface area (Å²) in [5.74, 6) is 0.818. The van der Waals surface area contributed by atoms with Crippen LogP contribution in [0.3, 0.4) is 0 Å². The average Bonchev–Trinajstić information content (AvgIpc) is 3.05. The van der Waals surface area contributed by atoms with Crippen molar-refractivity contribution in [3.8, 4) is 0 Å². The Balaban J connectivity index is 1.61. The number of halogens is 1. The number of hydrogen-bond acceptors (Lipinski definition) is 7. The van der Waals surface area contributed by atoms with E-state index in [-0.39, 0.29) is 12.4 Å². The van der Waals surface area contributed by atoms with Crippen LogP contribution in [0.2, 0.25) is 4.34 Å². The van der Waals surface area contributed by atoms with Crippen molar-refractivity contribution in [1.82, 2.24) is 5.16 Å². The number of nitrogens with zero attached hydrogens (tertiary/aromatic N) is 1. The lowest BCUT2D eigenvalue weighted by molar-refractivity contribution is -0.144. The van der Waals surface area contributed by atoms with Gasteiger partial charge >= 0.3 is 5.97 Å². The topological polar surface area (TPSA) is 81.4 Å². The van der Waals surface area contributed by atoms with Gasteiger partial charge in [0.2, 0.25) is 0 Å². The third kappa shape index (κ3) is 5.70. The molecule has 9 heteroatoms. The van der Waals surface area contributed by atoms with E-state index < -0.39 is 11.9 Å². The zero-order chi connectivity index (χ0) is 15.9. The lowest BCUT2D eigenvalue weighted by Crippen LogP contribution is -2.21. The normalized spacial score (nSPS) is 10.5. The number of esters is 1. The summed E-state index contributed by atoms with van der Waals surface area (Å²) in [6.07, 6.45) is 0. The molecule has 0 spiro atoms. The highest BCUT2D eigenvalue weighted by atomic mass is 35.5. The van der Waals surface area contributed by atoms with Gasteiger partial charge in [0.05, 0.1) is 10.1 Å². The molecular weight excluding hydrogens is 348 g/mol. The number of thioether (sulfide) groups is 1. The van der Waals surface area contributed by atoms with E-state index in [2.05, 4.69) is 10.5 Å². The van der Waals surface area contributed by atoms with Gasteiger partial charge < -0.3 is 14.6 Å². The zero-order valence-corrected chi connectivity index (χ0v) is 14.0. The second kappa shape index (κ2) is 8.21. The zero-order valence-electron chi connectivity index (χ0n) is 11.6. The molecule has 2 rings (SSSR count). The maximum atomic E-state index is 11.5. The molecule has 0 unspecified atom stereocenters. The number of carbonyl (C=O) groups is 2. The number of nitrogens with one attached hydrogen (secondary N) is 1. The average molecular weight is 361 g/mol. The standard InChI is InChI=1S/C13H13ClN2O4S2/c1-8-4-11(16-20-8)15-12(17)5-19-13(18)7-21-6-9-2-3-10(14)22-9/h2-4H,5-7H2,1H3,(H,15,16,17). The molecule has 2 aromatic rings. The summed E-state index contributed by atoms with van der Waals surface area (Å²) in [6, 6.07) is 5.30. The number of rotatable bonds is 7. The number of hydrogen-bond donors (Lipinski definition) is 1. The minimum atomic E-state index is -0.461. The van der Waals surface area contributed by atoms with Crippen LogP contribution in [0.5, 0.6) is 0 Å². The van der Waals surface area contributed by atoms with E-state index >= 15 is 0 Å². The fourth-order valence-corrected chi connectivity index (χ4v) is 3.47. The summed E-state index contributed by atoms with van der Waals surface area (Å²) in [5.41, 5.74) is 0. The van der Waals surface area contributed by atoms with Crippen molar-refractivity contribution in [2.45, 2.75) is 12.7 Å². The van der Waals surface area contributed by atoms with Gasteiger partial charge in [-0.05, 0) is 19.1 Å². The third-order valence-corrected chi connectivity index (χ3v) is 4.72. The van der Waals surface area contributed by atoms with E-state index in [1.807, 2.05) is 12.1 Å². The number of anilines is 1. The Labute approximate surface area is 140 Å². The van der Waals surface area contributed by atoms with Gasteiger partial charge in [0.15, 0.2) is 12.4 Å². The van der Waals surface area contributed by atoms with Gasteiger partial charge in [-0.2, -0.15) is 0 Å². The predicted octanol–water partition coefficient (Wildman–Crippen LogP) is 3.11. The van der Waals surface area contributed by atoms with Crippen molar-refractivity contribution >= 4 is 52.4 Å². The first-order valence-corrected chi connectivity index (χ1v) is 8.58. The first-order chi connectivity index (χ1) is 10.5. The largest absolute Gasteiger partial charge is 0.455 e. The minimum Gasteiger partial charge on any atom is -0.455 e. The fourth-order valence-electron chi connectivity index (χ4n) is 1.46. The summed E-state index contributed by atoms with van der Waals surface area (Å²) < 4.78 is 10.4. The second-order valence-corrected chi connectivity index (χ2v) is 7.02. The van der Waals surface area contributed by atoms with Gasteiger partial charge in [-0.1, -0.05) is 16.8 Å². The molecule has 1 N–H and O–H groups in total. The van der Waals surface area contributed by atoms with Crippen molar-refractivity contribution < 1.29 is 18.8 Å². The van der Waals surface area contributed by atoms with E-state index in [0.717, 1.165) is 9.21 Å². The summed E-state index contributed by atoms with van der Waals surface area (Å²) >= 11 is 8.69. The van der Waals surface area contributed by atoms with E-state index in [9.17, 15) is 9.59 Å². The first-order valence-electron chi connectivity index (χ1n) is 6.23. The van der Waals surface area contributed by atoms with Gasteiger partial charge in [0.1, 0.15) is 5.76 Å². The molecule has 0 saturated carbocycles. The van der Waals surface area contributed by atoms with Crippen molar-refractivity contribution in [2.75, 3.05) is 17.7 Å². The van der Waals surface area contributed by atoms with Crippen LogP contribution in [0.25, 0.3) is 0 Å². The smallest absolute Gasteiger partial charge is 0.316 e. The fraction of sp³-hybridized carbons (Fsp3) is 0.308. The van der Waals surface area contributed by atoms with Gasteiger partial charge in [0, 0.05) is 16.7 Å². The first kappa shape index (κ1) is 16.9. The minimum absolute atomic E-state index is 0.172. The summed E-state index contributed by atoms with van der Waals surface area (Å²) in [7, 11) is 0. The highest BCUT2D eigenvalue weighted by molar-refractivity contribution is 7.99. The molecule has 2 aromatic heterocycles. The van der Waals surface area contributed by atoms with Gasteiger partial charge in [-0.15, -0.1) is 23.1 Å². The Bertz CT molecular complexity index is 656. The molecule has 0 bridgehead atoms. The number of ether oxygens (including phenoxy) is 1. The Morgan fingerprint density at radius 2 is 2.32 bits per heavy atom. The van der Waals surface area contributed by atoms with Crippen LogP contribution in [-0.2, 0) is 20.1 Å². The van der Waals surface area contributed by atoms with Crippen LogP contribution in [-0.4, -0.2) is 29.4 Å². The Kier molecular flexibility index (Phi) is 6.29. The Morgan fingerprint density at radius 3 is 2.95 bits per heavy atom. The quantitative estimate of drug-likeness (QED) is 0.764. The number of carbonyl (C=O) groups excluding carboxylic acids is 2. The lowest BCUT2D eigenvalue weighted by Gasteiger charge is -2.04. The highest BCUT2D eigenvalue weighted by Gasteiger charge is 2.10. The van der Waals surface area contributed by atoms with Crippen molar-refractivity contribution in [3.05, 3.63) is 33.2 Å². The Hall–Kier alpha value is -1.51. The van der Waals surface area contributed by atoms with Gasteiger partial charge in [-0.25, -0.2) is 0 Å². The summed E-state index contributed by atoms with van der Waals surface area (Å²) in [5, 5.41) is 6.07. The lowest BCUT2D eigenvalue weighted by atomic mass is 10.5. The van der Waals surface area contributed by atoms with E-state index in [0.29, 0.717) is 17.3 Å². The molecule has 0 aliphatic rings. The number of aryl methyl sites for hydroxylation is 1.